The summed E-state index contributed by atoms with van der Waals surface area (Å²) in [5.74, 6) is 0.183. The van der Waals surface area contributed by atoms with E-state index in [0.717, 1.165) is 20.8 Å². The van der Waals surface area contributed by atoms with Gasteiger partial charge >= 0.3 is 0 Å². The first-order chi connectivity index (χ1) is 7.16. The Morgan fingerprint density at radius 1 is 1.27 bits per heavy atom. The largest absolute Gasteiger partial charge is 0.306 e. The van der Waals surface area contributed by atoms with E-state index in [9.17, 15) is 4.21 Å². The molecule has 0 bridgehead atoms. The zero-order valence-electron chi connectivity index (χ0n) is 7.81. The van der Waals surface area contributed by atoms with Gasteiger partial charge in [0.1, 0.15) is 0 Å². The van der Waals surface area contributed by atoms with Gasteiger partial charge in [-0.15, -0.1) is 0 Å². The molecule has 0 heterocycles. The van der Waals surface area contributed by atoms with Crippen molar-refractivity contribution in [3.05, 3.63) is 46.4 Å². The molecule has 1 N–H and O–H groups in total. The van der Waals surface area contributed by atoms with Crippen molar-refractivity contribution in [2.45, 2.75) is 5.75 Å². The summed E-state index contributed by atoms with van der Waals surface area (Å²) in [6.07, 6.45) is 0. The number of rotatable bonds is 2. The van der Waals surface area contributed by atoms with E-state index in [-0.39, 0.29) is 5.75 Å². The van der Waals surface area contributed by atoms with E-state index < -0.39 is 11.1 Å². The minimum Gasteiger partial charge on any atom is -0.306 e. The fraction of sp³-hybridized carbons (Fsp3) is 0.0909. The maximum atomic E-state index is 10.7. The van der Waals surface area contributed by atoms with E-state index in [1.165, 1.54) is 0 Å². The third-order valence-electron chi connectivity index (χ3n) is 2.18. The second-order valence-electron chi connectivity index (χ2n) is 3.26. The van der Waals surface area contributed by atoms with Gasteiger partial charge in [-0.25, -0.2) is 4.21 Å². The van der Waals surface area contributed by atoms with Gasteiger partial charge in [-0.05, 0) is 22.4 Å². The summed E-state index contributed by atoms with van der Waals surface area (Å²) >= 11 is 1.69. The molecular weight excluding hydrogens is 276 g/mol. The average molecular weight is 285 g/mol. The Bertz CT molecular complexity index is 525. The van der Waals surface area contributed by atoms with Gasteiger partial charge in [-0.2, -0.15) is 0 Å². The molecule has 0 radical (unpaired) electrons. The Labute approximate surface area is 98.7 Å². The first-order valence-electron chi connectivity index (χ1n) is 4.41. The molecule has 2 rings (SSSR count). The highest BCUT2D eigenvalue weighted by atomic mass is 79.9. The van der Waals surface area contributed by atoms with Crippen molar-refractivity contribution in [2.75, 3.05) is 0 Å². The maximum Gasteiger partial charge on any atom is 0.157 e. The van der Waals surface area contributed by atoms with Crippen LogP contribution in [0.2, 0.25) is 0 Å². The second-order valence-corrected chi connectivity index (χ2v) is 5.05. The van der Waals surface area contributed by atoms with Crippen LogP contribution in [0.3, 0.4) is 0 Å². The molecular formula is C11H9BrO2S. The SMILES string of the molecule is O=S(O)Cc1ccc2c(Br)cccc2c1. The lowest BCUT2D eigenvalue weighted by molar-refractivity contribution is 0.563. The fourth-order valence-corrected chi connectivity index (χ4v) is 2.50. The van der Waals surface area contributed by atoms with Crippen LogP contribution in [0.4, 0.5) is 0 Å². The standard InChI is InChI=1S/C11H9BrO2S/c12-11-3-1-2-9-6-8(7-15(13)14)4-5-10(9)11/h1-6H,7H2,(H,13,14). The summed E-state index contributed by atoms with van der Waals surface area (Å²) in [6, 6.07) is 11.7. The van der Waals surface area contributed by atoms with E-state index in [0.29, 0.717) is 0 Å². The van der Waals surface area contributed by atoms with Crippen LogP contribution in [-0.4, -0.2) is 8.76 Å². The van der Waals surface area contributed by atoms with E-state index in [1.54, 1.807) is 0 Å². The second kappa shape index (κ2) is 4.43. The van der Waals surface area contributed by atoms with Gasteiger partial charge in [-0.1, -0.05) is 46.3 Å². The number of fused-ring (bicyclic) bond motifs is 1. The van der Waals surface area contributed by atoms with Crippen LogP contribution < -0.4 is 0 Å². The van der Waals surface area contributed by atoms with Crippen LogP contribution in [0.15, 0.2) is 40.9 Å². The average Bonchev–Trinajstić information content (AvgIpc) is 2.17. The smallest absolute Gasteiger partial charge is 0.157 e. The highest BCUT2D eigenvalue weighted by Crippen LogP contribution is 2.24. The van der Waals surface area contributed by atoms with Gasteiger partial charge in [-0.3, -0.25) is 0 Å². The summed E-state index contributed by atoms with van der Waals surface area (Å²) in [5.41, 5.74) is 0.876. The molecule has 0 amide bonds. The molecule has 0 aliphatic heterocycles. The van der Waals surface area contributed by atoms with Crippen molar-refractivity contribution < 1.29 is 8.76 Å². The minimum absolute atomic E-state index is 0.183. The van der Waals surface area contributed by atoms with Gasteiger partial charge in [0.05, 0.1) is 5.75 Å². The topological polar surface area (TPSA) is 37.3 Å². The summed E-state index contributed by atoms with van der Waals surface area (Å²) < 4.78 is 20.5. The molecule has 15 heavy (non-hydrogen) atoms. The molecule has 2 nitrogen and oxygen atoms in total. The van der Waals surface area contributed by atoms with Crippen LogP contribution in [0.25, 0.3) is 10.8 Å². The Morgan fingerprint density at radius 3 is 2.80 bits per heavy atom. The van der Waals surface area contributed by atoms with Gasteiger partial charge in [0.2, 0.25) is 0 Å². The molecule has 1 atom stereocenters. The lowest BCUT2D eigenvalue weighted by atomic mass is 10.1. The molecule has 0 saturated heterocycles. The normalized spacial score (nSPS) is 12.9. The summed E-state index contributed by atoms with van der Waals surface area (Å²) in [7, 11) is 0. The number of benzene rings is 2. The Kier molecular flexibility index (Phi) is 3.19. The maximum absolute atomic E-state index is 10.7. The summed E-state index contributed by atoms with van der Waals surface area (Å²) in [6.45, 7) is 0. The zero-order valence-corrected chi connectivity index (χ0v) is 10.2. The highest BCUT2D eigenvalue weighted by Gasteiger charge is 2.01. The van der Waals surface area contributed by atoms with Gasteiger partial charge in [0.25, 0.3) is 0 Å². The Balaban J connectivity index is 2.52. The first kappa shape index (κ1) is 10.8. The Morgan fingerprint density at radius 2 is 2.07 bits per heavy atom. The molecule has 1 unspecified atom stereocenters. The molecule has 2 aromatic carbocycles. The Hall–Kier alpha value is -0.710. The van der Waals surface area contributed by atoms with Crippen LogP contribution in [0.1, 0.15) is 5.56 Å². The molecule has 0 spiro atoms. The fourth-order valence-electron chi connectivity index (χ4n) is 1.53. The molecule has 0 aliphatic carbocycles. The molecule has 2 aromatic rings. The minimum atomic E-state index is -1.78. The third-order valence-corrected chi connectivity index (χ3v) is 3.45. The third kappa shape index (κ3) is 2.45. The van der Waals surface area contributed by atoms with E-state index in [4.69, 9.17) is 4.55 Å². The zero-order chi connectivity index (χ0) is 10.8. The summed E-state index contributed by atoms with van der Waals surface area (Å²) in [5, 5.41) is 2.19. The first-order valence-corrected chi connectivity index (χ1v) is 6.48. The van der Waals surface area contributed by atoms with Crippen molar-refractivity contribution in [1.29, 1.82) is 0 Å². The molecule has 0 fully saturated rings. The molecule has 4 heteroatoms. The predicted octanol–water partition coefficient (Wildman–Crippen LogP) is 3.32. The number of hydrogen-bond donors (Lipinski definition) is 1. The van der Waals surface area contributed by atoms with Gasteiger partial charge in [0, 0.05) is 4.47 Å². The van der Waals surface area contributed by atoms with Gasteiger partial charge in [0.15, 0.2) is 11.1 Å². The number of hydrogen-bond acceptors (Lipinski definition) is 1. The van der Waals surface area contributed by atoms with E-state index in [1.807, 2.05) is 36.4 Å². The van der Waals surface area contributed by atoms with Crippen molar-refractivity contribution in [3.63, 3.8) is 0 Å². The summed E-state index contributed by atoms with van der Waals surface area (Å²) in [4.78, 5) is 0. The molecule has 0 aliphatic rings. The van der Waals surface area contributed by atoms with E-state index >= 15 is 0 Å². The quantitative estimate of drug-likeness (QED) is 0.859. The van der Waals surface area contributed by atoms with Crippen molar-refractivity contribution in [2.24, 2.45) is 0 Å². The lowest BCUT2D eigenvalue weighted by Crippen LogP contribution is -1.92. The van der Waals surface area contributed by atoms with Crippen LogP contribution in [0.5, 0.6) is 0 Å². The lowest BCUT2D eigenvalue weighted by Gasteiger charge is -2.03. The van der Waals surface area contributed by atoms with Gasteiger partial charge < -0.3 is 4.55 Å². The van der Waals surface area contributed by atoms with Crippen molar-refractivity contribution in [1.82, 2.24) is 0 Å². The van der Waals surface area contributed by atoms with Crippen molar-refractivity contribution >= 4 is 37.8 Å². The van der Waals surface area contributed by atoms with Crippen molar-refractivity contribution in [3.8, 4) is 0 Å². The van der Waals surface area contributed by atoms with Crippen LogP contribution in [-0.2, 0) is 16.8 Å². The van der Waals surface area contributed by atoms with Crippen LogP contribution >= 0.6 is 15.9 Å². The highest BCUT2D eigenvalue weighted by molar-refractivity contribution is 9.10. The molecule has 0 saturated carbocycles. The van der Waals surface area contributed by atoms with Crippen LogP contribution in [0, 0.1) is 0 Å². The number of halogens is 1. The van der Waals surface area contributed by atoms with E-state index in [2.05, 4.69) is 15.9 Å². The molecule has 78 valence electrons. The predicted molar refractivity (Wildman–Crippen MR) is 66.1 cm³/mol. The monoisotopic (exact) mass is 284 g/mol. The molecule has 0 aromatic heterocycles.